The zero-order valence-corrected chi connectivity index (χ0v) is 11.8. The van der Waals surface area contributed by atoms with Gasteiger partial charge in [0, 0.05) is 29.9 Å². The van der Waals surface area contributed by atoms with Gasteiger partial charge in [-0.15, -0.1) is 0 Å². The third-order valence-electron chi connectivity index (χ3n) is 3.20. The van der Waals surface area contributed by atoms with Crippen LogP contribution in [0.3, 0.4) is 0 Å². The maximum atomic E-state index is 13.0. The Hall–Kier alpha value is -2.43. The lowest BCUT2D eigenvalue weighted by Gasteiger charge is -2.13. The van der Waals surface area contributed by atoms with E-state index in [-0.39, 0.29) is 6.42 Å². The Balaban J connectivity index is 2.30. The van der Waals surface area contributed by atoms with Gasteiger partial charge in [0.05, 0.1) is 13.0 Å². The molecule has 2 rings (SSSR count). The number of methoxy groups -OCH3 is 1. The third kappa shape index (κ3) is 3.78. The smallest absolute Gasteiger partial charge is 0.311 e. The molecule has 0 aliphatic carbocycles. The summed E-state index contributed by atoms with van der Waals surface area (Å²) in [5.41, 5.74) is 1.93. The molecule has 5 heteroatoms. The lowest BCUT2D eigenvalue weighted by molar-refractivity contribution is -0.138. The molecule has 0 saturated carbocycles. The Morgan fingerprint density at radius 2 is 2.00 bits per heavy atom. The van der Waals surface area contributed by atoms with Crippen LogP contribution in [-0.2, 0) is 11.2 Å². The van der Waals surface area contributed by atoms with E-state index < -0.39 is 17.7 Å². The summed E-state index contributed by atoms with van der Waals surface area (Å²) in [6, 6.07) is 8.98. The van der Waals surface area contributed by atoms with E-state index in [0.29, 0.717) is 17.0 Å². The molecule has 0 saturated heterocycles. The van der Waals surface area contributed by atoms with Gasteiger partial charge in [-0.25, -0.2) is 4.39 Å². The van der Waals surface area contributed by atoms with Crippen molar-refractivity contribution in [2.24, 2.45) is 0 Å². The summed E-state index contributed by atoms with van der Waals surface area (Å²) in [4.78, 5) is 15.8. The van der Waals surface area contributed by atoms with Crippen LogP contribution in [0.2, 0.25) is 0 Å². The maximum Gasteiger partial charge on any atom is 0.311 e. The zero-order chi connectivity index (χ0) is 15.4. The van der Waals surface area contributed by atoms with Crippen molar-refractivity contribution in [2.45, 2.75) is 19.3 Å². The molecule has 0 fully saturated rings. The van der Waals surface area contributed by atoms with E-state index in [0.717, 1.165) is 5.69 Å². The molecule has 1 heterocycles. The molecule has 110 valence electrons. The van der Waals surface area contributed by atoms with Crippen LogP contribution < -0.4 is 4.74 Å². The van der Waals surface area contributed by atoms with E-state index in [1.54, 1.807) is 19.2 Å². The van der Waals surface area contributed by atoms with E-state index in [1.807, 2.05) is 6.92 Å². The fourth-order valence-corrected chi connectivity index (χ4v) is 2.18. The van der Waals surface area contributed by atoms with Crippen LogP contribution in [0.5, 0.6) is 5.75 Å². The number of carbonyl (C=O) groups is 1. The fraction of sp³-hybridized carbons (Fsp3) is 0.250. The first-order valence-corrected chi connectivity index (χ1v) is 6.49. The highest BCUT2D eigenvalue weighted by Crippen LogP contribution is 2.23. The minimum Gasteiger partial charge on any atom is -0.497 e. The van der Waals surface area contributed by atoms with Gasteiger partial charge in [0.15, 0.2) is 0 Å². The SMILES string of the molecule is COc1cc(C)nc(CC(C(=O)O)c2ccc(F)cc2)c1. The van der Waals surface area contributed by atoms with Gasteiger partial charge in [0.1, 0.15) is 11.6 Å². The maximum absolute atomic E-state index is 13.0. The summed E-state index contributed by atoms with van der Waals surface area (Å²) in [6.45, 7) is 1.82. The van der Waals surface area contributed by atoms with Crippen molar-refractivity contribution in [3.8, 4) is 5.75 Å². The molecular formula is C16H16FNO3. The Morgan fingerprint density at radius 3 is 2.57 bits per heavy atom. The minimum absolute atomic E-state index is 0.221. The highest BCUT2D eigenvalue weighted by molar-refractivity contribution is 5.76. The molecule has 0 spiro atoms. The van der Waals surface area contributed by atoms with Crippen LogP contribution in [-0.4, -0.2) is 23.2 Å². The largest absolute Gasteiger partial charge is 0.497 e. The summed E-state index contributed by atoms with van der Waals surface area (Å²) < 4.78 is 18.1. The van der Waals surface area contributed by atoms with E-state index in [4.69, 9.17) is 4.74 Å². The van der Waals surface area contributed by atoms with Gasteiger partial charge in [-0.2, -0.15) is 0 Å². The first kappa shape index (κ1) is 15.0. The summed E-state index contributed by atoms with van der Waals surface area (Å²) in [5.74, 6) is -1.49. The number of hydrogen-bond donors (Lipinski definition) is 1. The number of aryl methyl sites for hydroxylation is 1. The summed E-state index contributed by atoms with van der Waals surface area (Å²) in [6.07, 6.45) is 0.221. The molecular weight excluding hydrogens is 273 g/mol. The Kier molecular flexibility index (Phi) is 4.52. The molecule has 1 N–H and O–H groups in total. The predicted molar refractivity (Wildman–Crippen MR) is 76.0 cm³/mol. The molecule has 1 aromatic heterocycles. The molecule has 1 aromatic carbocycles. The van der Waals surface area contributed by atoms with Crippen molar-refractivity contribution in [1.82, 2.24) is 4.98 Å². The number of carboxylic acids is 1. The second kappa shape index (κ2) is 6.35. The number of halogens is 1. The van der Waals surface area contributed by atoms with Crippen LogP contribution in [0, 0.1) is 12.7 Å². The number of ether oxygens (including phenoxy) is 1. The minimum atomic E-state index is -0.969. The molecule has 0 amide bonds. The molecule has 0 radical (unpaired) electrons. The van der Waals surface area contributed by atoms with Crippen molar-refractivity contribution in [2.75, 3.05) is 7.11 Å². The monoisotopic (exact) mass is 289 g/mol. The van der Waals surface area contributed by atoms with Gasteiger partial charge in [-0.05, 0) is 24.6 Å². The number of aromatic nitrogens is 1. The van der Waals surface area contributed by atoms with Crippen LogP contribution in [0.15, 0.2) is 36.4 Å². The molecule has 0 bridgehead atoms. The van der Waals surface area contributed by atoms with Gasteiger partial charge in [0.25, 0.3) is 0 Å². The Labute approximate surface area is 122 Å². The van der Waals surface area contributed by atoms with E-state index in [9.17, 15) is 14.3 Å². The normalized spacial score (nSPS) is 12.0. The standard InChI is InChI=1S/C16H16FNO3/c1-10-7-14(21-2)8-13(18-10)9-15(16(19)20)11-3-5-12(17)6-4-11/h3-8,15H,9H2,1-2H3,(H,19,20). The third-order valence-corrected chi connectivity index (χ3v) is 3.20. The highest BCUT2D eigenvalue weighted by Gasteiger charge is 2.21. The number of rotatable bonds is 5. The lowest BCUT2D eigenvalue weighted by Crippen LogP contribution is -2.15. The number of carboxylic acid groups (broad SMARTS) is 1. The number of benzene rings is 1. The number of pyridine rings is 1. The molecule has 4 nitrogen and oxygen atoms in total. The molecule has 1 atom stereocenters. The second-order valence-electron chi connectivity index (χ2n) is 4.79. The van der Waals surface area contributed by atoms with Crippen molar-refractivity contribution in [3.05, 3.63) is 59.2 Å². The fourth-order valence-electron chi connectivity index (χ4n) is 2.18. The van der Waals surface area contributed by atoms with Gasteiger partial charge < -0.3 is 9.84 Å². The predicted octanol–water partition coefficient (Wildman–Crippen LogP) is 2.95. The Morgan fingerprint density at radius 1 is 1.33 bits per heavy atom. The van der Waals surface area contributed by atoms with Gasteiger partial charge in [-0.1, -0.05) is 12.1 Å². The molecule has 0 aliphatic heterocycles. The van der Waals surface area contributed by atoms with Crippen LogP contribution in [0.1, 0.15) is 22.9 Å². The number of nitrogens with zero attached hydrogens (tertiary/aromatic N) is 1. The lowest BCUT2D eigenvalue weighted by atomic mass is 9.94. The first-order valence-electron chi connectivity index (χ1n) is 6.49. The van der Waals surface area contributed by atoms with Crippen molar-refractivity contribution in [1.29, 1.82) is 0 Å². The van der Waals surface area contributed by atoms with Gasteiger partial charge in [0.2, 0.25) is 0 Å². The first-order chi connectivity index (χ1) is 9.99. The summed E-state index contributed by atoms with van der Waals surface area (Å²) >= 11 is 0. The van der Waals surface area contributed by atoms with Crippen LogP contribution in [0.25, 0.3) is 0 Å². The molecule has 0 aliphatic rings. The van der Waals surface area contributed by atoms with Crippen molar-refractivity contribution in [3.63, 3.8) is 0 Å². The second-order valence-corrected chi connectivity index (χ2v) is 4.79. The summed E-state index contributed by atoms with van der Waals surface area (Å²) in [5, 5.41) is 9.40. The quantitative estimate of drug-likeness (QED) is 0.919. The molecule has 2 aromatic rings. The average Bonchev–Trinajstić information content (AvgIpc) is 2.45. The van der Waals surface area contributed by atoms with Gasteiger partial charge in [-0.3, -0.25) is 9.78 Å². The van der Waals surface area contributed by atoms with Gasteiger partial charge >= 0.3 is 5.97 Å². The number of aliphatic carboxylic acids is 1. The van der Waals surface area contributed by atoms with Crippen LogP contribution in [0.4, 0.5) is 4.39 Å². The average molecular weight is 289 g/mol. The van der Waals surface area contributed by atoms with Crippen molar-refractivity contribution < 1.29 is 19.0 Å². The molecule has 21 heavy (non-hydrogen) atoms. The molecule has 1 unspecified atom stereocenters. The zero-order valence-electron chi connectivity index (χ0n) is 11.8. The van der Waals surface area contributed by atoms with E-state index >= 15 is 0 Å². The topological polar surface area (TPSA) is 59.4 Å². The number of hydrogen-bond acceptors (Lipinski definition) is 3. The Bertz CT molecular complexity index is 640. The van der Waals surface area contributed by atoms with Crippen LogP contribution >= 0.6 is 0 Å². The van der Waals surface area contributed by atoms with Crippen molar-refractivity contribution >= 4 is 5.97 Å². The summed E-state index contributed by atoms with van der Waals surface area (Å²) in [7, 11) is 1.55. The highest BCUT2D eigenvalue weighted by atomic mass is 19.1. The van der Waals surface area contributed by atoms with E-state index in [1.165, 1.54) is 24.3 Å². The van der Waals surface area contributed by atoms with E-state index in [2.05, 4.69) is 4.98 Å².